The van der Waals surface area contributed by atoms with Gasteiger partial charge in [0, 0.05) is 11.8 Å². The molecular weight excluding hydrogens is 406 g/mol. The second-order valence-corrected chi connectivity index (χ2v) is 7.67. The van der Waals surface area contributed by atoms with Crippen molar-refractivity contribution in [3.63, 3.8) is 0 Å². The number of rotatable bonds is 7. The summed E-state index contributed by atoms with van der Waals surface area (Å²) in [6, 6.07) is 13.2. The number of aromatic nitrogens is 3. The van der Waals surface area contributed by atoms with Gasteiger partial charge in [-0.2, -0.15) is 13.2 Å². The van der Waals surface area contributed by atoms with Gasteiger partial charge in [0.2, 0.25) is 0 Å². The van der Waals surface area contributed by atoms with Crippen LogP contribution in [0.2, 0.25) is 0 Å². The largest absolute Gasteiger partial charge is 0.484 e. The van der Waals surface area contributed by atoms with Crippen molar-refractivity contribution >= 4 is 11.8 Å². The molecule has 0 atom stereocenters. The first-order valence-electron chi connectivity index (χ1n) is 9.02. The fourth-order valence-electron chi connectivity index (χ4n) is 2.90. The average molecular weight is 423 g/mol. The van der Waals surface area contributed by atoms with Crippen LogP contribution in [0.5, 0.6) is 5.75 Å². The number of alkyl halides is 3. The molecule has 1 aromatic heterocycles. The molecule has 3 aromatic rings. The number of nitrogens with zero attached hydrogens (tertiary/aromatic N) is 3. The van der Waals surface area contributed by atoms with E-state index < -0.39 is 12.8 Å². The van der Waals surface area contributed by atoms with Gasteiger partial charge in [-0.1, -0.05) is 36.0 Å². The molecule has 0 radical (unpaired) electrons. The van der Waals surface area contributed by atoms with Gasteiger partial charge < -0.3 is 4.74 Å². The molecule has 4 nitrogen and oxygen atoms in total. The second kappa shape index (κ2) is 8.06. The van der Waals surface area contributed by atoms with E-state index in [1.807, 2.05) is 10.6 Å². The van der Waals surface area contributed by atoms with E-state index >= 15 is 0 Å². The molecule has 0 saturated heterocycles. The molecule has 29 heavy (non-hydrogen) atoms. The molecule has 0 bridgehead atoms. The van der Waals surface area contributed by atoms with Gasteiger partial charge in [-0.25, -0.2) is 4.39 Å². The van der Waals surface area contributed by atoms with Crippen LogP contribution in [0.15, 0.2) is 53.7 Å². The third-order valence-corrected chi connectivity index (χ3v) is 5.37. The minimum atomic E-state index is -4.38. The Morgan fingerprint density at radius 2 is 1.86 bits per heavy atom. The Morgan fingerprint density at radius 1 is 1.07 bits per heavy atom. The first kappa shape index (κ1) is 19.8. The molecule has 4 rings (SSSR count). The Bertz CT molecular complexity index is 1000. The monoisotopic (exact) mass is 423 g/mol. The Hall–Kier alpha value is -2.55. The summed E-state index contributed by atoms with van der Waals surface area (Å²) < 4.78 is 58.0. The maximum Gasteiger partial charge on any atom is 0.422 e. The lowest BCUT2D eigenvalue weighted by Crippen LogP contribution is -2.19. The standard InChI is InChI=1S/C20H17F4N3OS/c21-17-7-2-1-6-16(17)18-25-26-19(27(18)14-8-9-14)29-11-13-4-3-5-15(10-13)28-12-20(22,23)24/h1-7,10,14H,8-9,11-12H2. The Kier molecular flexibility index (Phi) is 5.49. The van der Waals surface area contributed by atoms with Gasteiger partial charge in [-0.15, -0.1) is 10.2 Å². The summed E-state index contributed by atoms with van der Waals surface area (Å²) in [5.74, 6) is 0.782. The van der Waals surface area contributed by atoms with Gasteiger partial charge in [-0.05, 0) is 42.7 Å². The SMILES string of the molecule is Fc1ccccc1-c1nnc(SCc2cccc(OCC(F)(F)F)c2)n1C1CC1. The van der Waals surface area contributed by atoms with E-state index in [4.69, 9.17) is 4.74 Å². The molecule has 0 aliphatic heterocycles. The molecule has 1 heterocycles. The van der Waals surface area contributed by atoms with E-state index in [9.17, 15) is 17.6 Å². The number of hydrogen-bond acceptors (Lipinski definition) is 4. The summed E-state index contributed by atoms with van der Waals surface area (Å²) in [6.45, 7) is -1.33. The molecule has 0 unspecified atom stereocenters. The summed E-state index contributed by atoms with van der Waals surface area (Å²) in [5.41, 5.74) is 1.20. The molecule has 1 aliphatic rings. The van der Waals surface area contributed by atoms with E-state index in [-0.39, 0.29) is 17.6 Å². The van der Waals surface area contributed by atoms with Crippen LogP contribution in [0.1, 0.15) is 24.4 Å². The summed E-state index contributed by atoms with van der Waals surface area (Å²) in [6.07, 6.45) is -2.42. The molecule has 2 aromatic carbocycles. The van der Waals surface area contributed by atoms with Crippen LogP contribution in [0, 0.1) is 5.82 Å². The molecule has 9 heteroatoms. The lowest BCUT2D eigenvalue weighted by molar-refractivity contribution is -0.153. The molecule has 152 valence electrons. The van der Waals surface area contributed by atoms with Crippen LogP contribution in [0.3, 0.4) is 0 Å². The normalized spacial score (nSPS) is 14.2. The third-order valence-electron chi connectivity index (χ3n) is 4.36. The zero-order valence-electron chi connectivity index (χ0n) is 15.2. The molecular formula is C20H17F4N3OS. The fourth-order valence-corrected chi connectivity index (χ4v) is 3.85. The van der Waals surface area contributed by atoms with Crippen molar-refractivity contribution in [1.82, 2.24) is 14.8 Å². The fraction of sp³-hybridized carbons (Fsp3) is 0.300. The van der Waals surface area contributed by atoms with E-state index in [0.29, 0.717) is 22.3 Å². The van der Waals surface area contributed by atoms with Crippen LogP contribution in [-0.4, -0.2) is 27.5 Å². The van der Waals surface area contributed by atoms with Gasteiger partial charge in [0.15, 0.2) is 17.6 Å². The lowest BCUT2D eigenvalue weighted by atomic mass is 10.2. The van der Waals surface area contributed by atoms with E-state index in [1.54, 1.807) is 30.3 Å². The molecule has 0 N–H and O–H groups in total. The van der Waals surface area contributed by atoms with Gasteiger partial charge in [0.05, 0.1) is 5.56 Å². The van der Waals surface area contributed by atoms with Crippen molar-refractivity contribution in [2.24, 2.45) is 0 Å². The van der Waals surface area contributed by atoms with Gasteiger partial charge >= 0.3 is 6.18 Å². The average Bonchev–Trinajstić information content (AvgIpc) is 3.44. The van der Waals surface area contributed by atoms with Crippen molar-refractivity contribution in [1.29, 1.82) is 0 Å². The highest BCUT2D eigenvalue weighted by Crippen LogP contribution is 2.42. The summed E-state index contributed by atoms with van der Waals surface area (Å²) in [7, 11) is 0. The number of hydrogen-bond donors (Lipinski definition) is 0. The van der Waals surface area contributed by atoms with E-state index in [0.717, 1.165) is 18.4 Å². The summed E-state index contributed by atoms with van der Waals surface area (Å²) >= 11 is 1.41. The minimum absolute atomic E-state index is 0.163. The molecule has 1 fully saturated rings. The quantitative estimate of drug-likeness (QED) is 0.364. The van der Waals surface area contributed by atoms with E-state index in [2.05, 4.69) is 10.2 Å². The van der Waals surface area contributed by atoms with Crippen molar-refractivity contribution in [3.8, 4) is 17.1 Å². The van der Waals surface area contributed by atoms with Crippen LogP contribution < -0.4 is 4.74 Å². The molecule has 1 aliphatic carbocycles. The number of halogens is 4. The zero-order chi connectivity index (χ0) is 20.4. The smallest absolute Gasteiger partial charge is 0.422 e. The van der Waals surface area contributed by atoms with Crippen molar-refractivity contribution < 1.29 is 22.3 Å². The molecule has 1 saturated carbocycles. The Labute approximate surface area is 168 Å². The van der Waals surface area contributed by atoms with Crippen molar-refractivity contribution in [2.45, 2.75) is 36.0 Å². The van der Waals surface area contributed by atoms with Gasteiger partial charge in [0.1, 0.15) is 11.6 Å². The summed E-state index contributed by atoms with van der Waals surface area (Å²) in [4.78, 5) is 0. The van der Waals surface area contributed by atoms with Crippen molar-refractivity contribution in [3.05, 3.63) is 59.9 Å². The van der Waals surface area contributed by atoms with Crippen LogP contribution in [0.4, 0.5) is 17.6 Å². The Balaban J connectivity index is 1.50. The minimum Gasteiger partial charge on any atom is -0.484 e. The Morgan fingerprint density at radius 3 is 2.59 bits per heavy atom. The van der Waals surface area contributed by atoms with Crippen LogP contribution in [-0.2, 0) is 5.75 Å². The van der Waals surface area contributed by atoms with Crippen LogP contribution in [0.25, 0.3) is 11.4 Å². The van der Waals surface area contributed by atoms with Gasteiger partial charge in [-0.3, -0.25) is 4.57 Å². The number of thioether (sulfide) groups is 1. The summed E-state index contributed by atoms with van der Waals surface area (Å²) in [5, 5.41) is 9.09. The van der Waals surface area contributed by atoms with Crippen molar-refractivity contribution in [2.75, 3.05) is 6.61 Å². The second-order valence-electron chi connectivity index (χ2n) is 6.73. The maximum atomic E-state index is 14.2. The first-order valence-corrected chi connectivity index (χ1v) is 10.0. The highest BCUT2D eigenvalue weighted by atomic mass is 32.2. The topological polar surface area (TPSA) is 39.9 Å². The maximum absolute atomic E-state index is 14.2. The predicted molar refractivity (Wildman–Crippen MR) is 101 cm³/mol. The highest BCUT2D eigenvalue weighted by Gasteiger charge is 2.31. The predicted octanol–water partition coefficient (Wildman–Crippen LogP) is 5.65. The number of ether oxygens (including phenoxy) is 1. The molecule has 0 amide bonds. The van der Waals surface area contributed by atoms with Crippen LogP contribution >= 0.6 is 11.8 Å². The lowest BCUT2D eigenvalue weighted by Gasteiger charge is -2.11. The first-order chi connectivity index (χ1) is 13.9. The van der Waals surface area contributed by atoms with Gasteiger partial charge in [0.25, 0.3) is 0 Å². The number of benzene rings is 2. The third kappa shape index (κ3) is 4.90. The van der Waals surface area contributed by atoms with E-state index in [1.165, 1.54) is 23.9 Å². The highest BCUT2D eigenvalue weighted by molar-refractivity contribution is 7.98. The molecule has 0 spiro atoms. The zero-order valence-corrected chi connectivity index (χ0v) is 16.0.